The van der Waals surface area contributed by atoms with E-state index in [-0.39, 0.29) is 30.1 Å². The van der Waals surface area contributed by atoms with Gasteiger partial charge in [-0.05, 0) is 45.9 Å². The van der Waals surface area contributed by atoms with Crippen LogP contribution in [0, 0.1) is 12.8 Å². The van der Waals surface area contributed by atoms with Crippen LogP contribution in [0.4, 0.5) is 24.9 Å². The Morgan fingerprint density at radius 2 is 1.86 bits per heavy atom. The lowest BCUT2D eigenvalue weighted by Crippen LogP contribution is -2.35. The van der Waals surface area contributed by atoms with Crippen molar-refractivity contribution in [2.75, 3.05) is 30.3 Å². The van der Waals surface area contributed by atoms with Crippen LogP contribution in [0.5, 0.6) is 0 Å². The molecule has 0 radical (unpaired) electrons. The lowest BCUT2D eigenvalue weighted by atomic mass is 10.1. The summed E-state index contributed by atoms with van der Waals surface area (Å²) >= 11 is 1.49. The first kappa shape index (κ1) is 26.1. The number of thiazole rings is 1. The van der Waals surface area contributed by atoms with Crippen molar-refractivity contribution in [3.63, 3.8) is 0 Å². The Hall–Kier alpha value is -2.54. The van der Waals surface area contributed by atoms with Crippen molar-refractivity contribution >= 4 is 33.3 Å². The van der Waals surface area contributed by atoms with Gasteiger partial charge in [0.25, 0.3) is 0 Å². The SMILES string of the molecule is CCNC[C@@H]1C[C@@H](Nc2nc(NCC(F)(F)F)nc(C)c2-c2nc3ccccc3s2)[C@@H]2OC(C)(C)O[C@H]12. The van der Waals surface area contributed by atoms with Gasteiger partial charge in [0.15, 0.2) is 5.79 Å². The van der Waals surface area contributed by atoms with Crippen molar-refractivity contribution in [2.45, 2.75) is 64.3 Å². The molecular formula is C25H31F3N6O2S. The zero-order valence-corrected chi connectivity index (χ0v) is 22.0. The first-order valence-corrected chi connectivity index (χ1v) is 13.2. The average Bonchev–Trinajstić information content (AvgIpc) is 3.47. The molecule has 1 aliphatic carbocycles. The number of rotatable bonds is 8. The molecule has 12 heteroatoms. The van der Waals surface area contributed by atoms with Crippen molar-refractivity contribution in [3.8, 4) is 10.6 Å². The van der Waals surface area contributed by atoms with E-state index in [0.717, 1.165) is 29.7 Å². The number of ether oxygens (including phenoxy) is 2. The Morgan fingerprint density at radius 1 is 1.11 bits per heavy atom. The van der Waals surface area contributed by atoms with Gasteiger partial charge in [-0.15, -0.1) is 11.3 Å². The van der Waals surface area contributed by atoms with Crippen LogP contribution in [-0.4, -0.2) is 64.8 Å². The van der Waals surface area contributed by atoms with E-state index in [1.807, 2.05) is 38.1 Å². The first-order valence-electron chi connectivity index (χ1n) is 12.4. The fraction of sp³-hybridized carbons (Fsp3) is 0.560. The quantitative estimate of drug-likeness (QED) is 0.372. The zero-order chi connectivity index (χ0) is 26.4. The van der Waals surface area contributed by atoms with E-state index >= 15 is 0 Å². The number of nitrogens with zero attached hydrogens (tertiary/aromatic N) is 3. The highest BCUT2D eigenvalue weighted by atomic mass is 32.1. The number of fused-ring (bicyclic) bond motifs is 2. The minimum absolute atomic E-state index is 0.0927. The van der Waals surface area contributed by atoms with Crippen molar-refractivity contribution in [1.82, 2.24) is 20.3 Å². The molecular weight excluding hydrogens is 505 g/mol. The molecule has 0 spiro atoms. The van der Waals surface area contributed by atoms with Gasteiger partial charge in [-0.3, -0.25) is 0 Å². The summed E-state index contributed by atoms with van der Waals surface area (Å²) in [6, 6.07) is 7.61. The Kier molecular flexibility index (Phi) is 7.03. The Morgan fingerprint density at radius 3 is 2.59 bits per heavy atom. The van der Waals surface area contributed by atoms with E-state index in [0.29, 0.717) is 22.1 Å². The van der Waals surface area contributed by atoms with Crippen LogP contribution in [0.3, 0.4) is 0 Å². The summed E-state index contributed by atoms with van der Waals surface area (Å²) in [4.78, 5) is 13.6. The van der Waals surface area contributed by atoms with Gasteiger partial charge in [-0.25, -0.2) is 9.97 Å². The lowest BCUT2D eigenvalue weighted by molar-refractivity contribution is -0.156. The molecule has 2 fully saturated rings. The third-order valence-corrected chi connectivity index (χ3v) is 7.66. The van der Waals surface area contributed by atoms with Gasteiger partial charge >= 0.3 is 6.18 Å². The molecule has 4 atom stereocenters. The van der Waals surface area contributed by atoms with Gasteiger partial charge in [0.2, 0.25) is 5.95 Å². The van der Waals surface area contributed by atoms with Gasteiger partial charge in [0, 0.05) is 12.5 Å². The number of benzene rings is 1. The standard InChI is InChI=1S/C25H31F3N6O2S/c1-5-29-11-14-10-16(20-19(14)35-24(3,4)36-20)32-21-18(22-33-15-8-6-7-9-17(15)37-22)13(2)31-23(34-21)30-12-25(26,27)28/h6-9,14,16,19-20,29H,5,10-12H2,1-4H3,(H2,30,31,32,34)/t14-,16+,19+,20-/m0/s1. The number of hydrogen-bond acceptors (Lipinski definition) is 9. The summed E-state index contributed by atoms with van der Waals surface area (Å²) in [5, 5.41) is 9.93. The summed E-state index contributed by atoms with van der Waals surface area (Å²) in [7, 11) is 0. The molecule has 0 amide bonds. The Balaban J connectivity index is 1.51. The predicted molar refractivity (Wildman–Crippen MR) is 138 cm³/mol. The molecule has 8 nitrogen and oxygen atoms in total. The maximum atomic E-state index is 12.9. The van der Waals surface area contributed by atoms with Crippen LogP contribution in [0.2, 0.25) is 0 Å². The third-order valence-electron chi connectivity index (χ3n) is 6.60. The van der Waals surface area contributed by atoms with E-state index < -0.39 is 18.5 Å². The van der Waals surface area contributed by atoms with E-state index in [1.54, 1.807) is 6.92 Å². The second-order valence-electron chi connectivity index (χ2n) is 9.93. The molecule has 200 valence electrons. The molecule has 0 unspecified atom stereocenters. The van der Waals surface area contributed by atoms with Gasteiger partial charge < -0.3 is 25.4 Å². The highest BCUT2D eigenvalue weighted by Crippen LogP contribution is 2.44. The molecule has 3 N–H and O–H groups in total. The highest BCUT2D eigenvalue weighted by molar-refractivity contribution is 7.21. The minimum Gasteiger partial charge on any atom is -0.364 e. The summed E-state index contributed by atoms with van der Waals surface area (Å²) in [6.07, 6.45) is -3.98. The van der Waals surface area contributed by atoms with Crippen LogP contribution in [0.25, 0.3) is 20.8 Å². The topological polar surface area (TPSA) is 93.2 Å². The molecule has 37 heavy (non-hydrogen) atoms. The van der Waals surface area contributed by atoms with E-state index in [4.69, 9.17) is 14.5 Å². The zero-order valence-electron chi connectivity index (χ0n) is 21.1. The summed E-state index contributed by atoms with van der Waals surface area (Å²) < 4.78 is 52.3. The van der Waals surface area contributed by atoms with Crippen molar-refractivity contribution in [3.05, 3.63) is 30.0 Å². The third kappa shape index (κ3) is 5.66. The second kappa shape index (κ2) is 9.97. The summed E-state index contributed by atoms with van der Waals surface area (Å²) in [5.74, 6) is -0.181. The van der Waals surface area contributed by atoms with Gasteiger partial charge in [-0.2, -0.15) is 18.2 Å². The molecule has 1 saturated heterocycles. The van der Waals surface area contributed by atoms with Crippen LogP contribution in [-0.2, 0) is 9.47 Å². The van der Waals surface area contributed by atoms with Crippen LogP contribution < -0.4 is 16.0 Å². The number of anilines is 2. The normalized spacial score (nSPS) is 24.9. The molecule has 1 aliphatic heterocycles. The molecule has 2 aromatic heterocycles. The van der Waals surface area contributed by atoms with E-state index in [9.17, 15) is 13.2 Å². The van der Waals surface area contributed by atoms with Crippen LogP contribution in [0.1, 0.15) is 32.9 Å². The molecule has 1 aromatic carbocycles. The number of aryl methyl sites for hydroxylation is 1. The van der Waals surface area contributed by atoms with Gasteiger partial charge in [0.05, 0.1) is 33.6 Å². The molecule has 3 heterocycles. The number of aromatic nitrogens is 3. The summed E-state index contributed by atoms with van der Waals surface area (Å²) in [5.41, 5.74) is 2.04. The monoisotopic (exact) mass is 536 g/mol. The predicted octanol–water partition coefficient (Wildman–Crippen LogP) is 4.97. The smallest absolute Gasteiger partial charge is 0.364 e. The largest absolute Gasteiger partial charge is 0.405 e. The van der Waals surface area contributed by atoms with Crippen molar-refractivity contribution < 1.29 is 22.6 Å². The fourth-order valence-corrected chi connectivity index (χ4v) is 6.17. The second-order valence-corrected chi connectivity index (χ2v) is 11.0. The fourth-order valence-electron chi connectivity index (χ4n) is 5.10. The van der Waals surface area contributed by atoms with Crippen LogP contribution in [0.15, 0.2) is 24.3 Å². The molecule has 1 saturated carbocycles. The molecule has 0 bridgehead atoms. The Bertz CT molecular complexity index is 1230. The Labute approximate surface area is 217 Å². The number of halogens is 3. The summed E-state index contributed by atoms with van der Waals surface area (Å²) in [6.45, 7) is 8.01. The highest BCUT2D eigenvalue weighted by Gasteiger charge is 2.54. The minimum atomic E-state index is -4.39. The molecule has 2 aliphatic rings. The van der Waals surface area contributed by atoms with E-state index in [2.05, 4.69) is 32.8 Å². The van der Waals surface area contributed by atoms with Gasteiger partial charge in [-0.1, -0.05) is 19.1 Å². The average molecular weight is 537 g/mol. The lowest BCUT2D eigenvalue weighted by Gasteiger charge is -2.25. The number of hydrogen-bond donors (Lipinski definition) is 3. The number of nitrogens with one attached hydrogen (secondary N) is 3. The van der Waals surface area contributed by atoms with E-state index in [1.165, 1.54) is 11.3 Å². The van der Waals surface area contributed by atoms with Gasteiger partial charge in [0.1, 0.15) is 23.5 Å². The maximum absolute atomic E-state index is 12.9. The number of para-hydroxylation sites is 1. The van der Waals surface area contributed by atoms with Crippen molar-refractivity contribution in [2.24, 2.45) is 5.92 Å². The molecule has 3 aromatic rings. The first-order chi connectivity index (χ1) is 17.5. The maximum Gasteiger partial charge on any atom is 0.405 e. The number of alkyl halides is 3. The molecule has 5 rings (SSSR count). The van der Waals surface area contributed by atoms with Crippen molar-refractivity contribution in [1.29, 1.82) is 0 Å². The van der Waals surface area contributed by atoms with Crippen LogP contribution >= 0.6 is 11.3 Å².